The maximum atomic E-state index is 11.3. The zero-order valence-corrected chi connectivity index (χ0v) is 12.2. The van der Waals surface area contributed by atoms with Crippen LogP contribution in [-0.4, -0.2) is 34.4 Å². The Bertz CT molecular complexity index is 464. The number of hydrogen-bond acceptors (Lipinski definition) is 2. The number of guanidine groups is 1. The second kappa shape index (κ2) is 6.70. The van der Waals surface area contributed by atoms with Crippen molar-refractivity contribution < 1.29 is 4.21 Å². The van der Waals surface area contributed by atoms with Crippen molar-refractivity contribution in [2.75, 3.05) is 19.3 Å². The Morgan fingerprint density at radius 2 is 1.89 bits per heavy atom. The van der Waals surface area contributed by atoms with Gasteiger partial charge in [0.25, 0.3) is 0 Å². The molecule has 1 saturated heterocycles. The molecule has 0 aromatic heterocycles. The fraction of sp³-hybridized carbons (Fsp3) is 0.500. The van der Waals surface area contributed by atoms with Crippen molar-refractivity contribution >= 4 is 16.8 Å². The summed E-state index contributed by atoms with van der Waals surface area (Å²) in [7, 11) is -0.923. The van der Waals surface area contributed by atoms with Crippen LogP contribution in [0.5, 0.6) is 0 Å². The summed E-state index contributed by atoms with van der Waals surface area (Å²) in [6.45, 7) is 2.62. The number of piperidine rings is 1. The van der Waals surface area contributed by atoms with Crippen LogP contribution < -0.4 is 5.73 Å². The van der Waals surface area contributed by atoms with Crippen LogP contribution in [0.15, 0.2) is 34.2 Å². The topological polar surface area (TPSA) is 58.7 Å². The van der Waals surface area contributed by atoms with Crippen molar-refractivity contribution in [3.05, 3.63) is 29.8 Å². The maximum absolute atomic E-state index is 11.3. The van der Waals surface area contributed by atoms with Gasteiger partial charge in [0.15, 0.2) is 5.96 Å². The molecule has 0 bridgehead atoms. The number of rotatable bonds is 3. The minimum absolute atomic E-state index is 0.582. The average Bonchev–Trinajstić information content (AvgIpc) is 2.46. The molecular weight excluding hydrogens is 258 g/mol. The number of hydrogen-bond donors (Lipinski definition) is 1. The summed E-state index contributed by atoms with van der Waals surface area (Å²) in [5, 5.41) is 0. The molecule has 1 aromatic rings. The van der Waals surface area contributed by atoms with Gasteiger partial charge in [-0.2, -0.15) is 0 Å². The second-order valence-corrected chi connectivity index (χ2v) is 6.20. The van der Waals surface area contributed by atoms with Gasteiger partial charge in [-0.3, -0.25) is 4.21 Å². The van der Waals surface area contributed by atoms with Crippen LogP contribution in [0.25, 0.3) is 0 Å². The van der Waals surface area contributed by atoms with Crippen molar-refractivity contribution in [3.63, 3.8) is 0 Å². The van der Waals surface area contributed by atoms with E-state index in [1.807, 2.05) is 24.3 Å². The first-order valence-corrected chi connectivity index (χ1v) is 8.20. The van der Waals surface area contributed by atoms with Crippen molar-refractivity contribution in [3.8, 4) is 0 Å². The molecule has 2 N–H and O–H groups in total. The zero-order valence-electron chi connectivity index (χ0n) is 11.3. The molecule has 1 fully saturated rings. The molecule has 0 amide bonds. The van der Waals surface area contributed by atoms with Gasteiger partial charge in [-0.15, -0.1) is 0 Å². The lowest BCUT2D eigenvalue weighted by atomic mass is 10.1. The van der Waals surface area contributed by atoms with Gasteiger partial charge in [-0.1, -0.05) is 12.1 Å². The van der Waals surface area contributed by atoms with Gasteiger partial charge >= 0.3 is 0 Å². The molecule has 4 nitrogen and oxygen atoms in total. The van der Waals surface area contributed by atoms with Crippen LogP contribution in [0.3, 0.4) is 0 Å². The normalized spacial score (nSPS) is 18.4. The summed E-state index contributed by atoms with van der Waals surface area (Å²) in [6, 6.07) is 7.70. The zero-order chi connectivity index (χ0) is 13.7. The highest BCUT2D eigenvalue weighted by Crippen LogP contribution is 2.10. The van der Waals surface area contributed by atoms with E-state index >= 15 is 0 Å². The molecule has 1 atom stereocenters. The van der Waals surface area contributed by atoms with Gasteiger partial charge in [0, 0.05) is 35.0 Å². The second-order valence-electron chi connectivity index (χ2n) is 4.82. The van der Waals surface area contributed by atoms with E-state index in [0.29, 0.717) is 12.5 Å². The molecule has 5 heteroatoms. The largest absolute Gasteiger partial charge is 0.370 e. The van der Waals surface area contributed by atoms with E-state index < -0.39 is 10.8 Å². The molecule has 1 unspecified atom stereocenters. The Hall–Kier alpha value is -1.36. The van der Waals surface area contributed by atoms with E-state index in [2.05, 4.69) is 9.89 Å². The third-order valence-corrected chi connectivity index (χ3v) is 4.29. The predicted octanol–water partition coefficient (Wildman–Crippen LogP) is 1.72. The standard InChI is InChI=1S/C14H21N3OS/c1-19(18)13-7-5-12(6-8-13)11-16-14(15)17-9-3-2-4-10-17/h5-8H,2-4,9-11H2,1H3,(H2,15,16). The van der Waals surface area contributed by atoms with Crippen LogP contribution >= 0.6 is 0 Å². The first-order valence-electron chi connectivity index (χ1n) is 6.64. The smallest absolute Gasteiger partial charge is 0.191 e. The highest BCUT2D eigenvalue weighted by molar-refractivity contribution is 7.84. The lowest BCUT2D eigenvalue weighted by Crippen LogP contribution is -2.40. The number of aliphatic imine (C=N–C) groups is 1. The van der Waals surface area contributed by atoms with E-state index in [-0.39, 0.29) is 0 Å². The Kier molecular flexibility index (Phi) is 4.96. The fourth-order valence-electron chi connectivity index (χ4n) is 2.18. The molecule has 0 saturated carbocycles. The van der Waals surface area contributed by atoms with E-state index in [4.69, 9.17) is 5.73 Å². The van der Waals surface area contributed by atoms with Crippen LogP contribution in [0.4, 0.5) is 0 Å². The van der Waals surface area contributed by atoms with E-state index in [9.17, 15) is 4.21 Å². The summed E-state index contributed by atoms with van der Waals surface area (Å²) >= 11 is 0. The summed E-state index contributed by atoms with van der Waals surface area (Å²) < 4.78 is 11.3. The molecule has 1 aliphatic heterocycles. The minimum atomic E-state index is -0.923. The van der Waals surface area contributed by atoms with E-state index in [0.717, 1.165) is 23.5 Å². The number of nitrogens with two attached hydrogens (primary N) is 1. The molecule has 104 valence electrons. The van der Waals surface area contributed by atoms with Crippen molar-refractivity contribution in [1.29, 1.82) is 0 Å². The van der Waals surface area contributed by atoms with Gasteiger partial charge in [0.05, 0.1) is 6.54 Å². The van der Waals surface area contributed by atoms with Gasteiger partial charge < -0.3 is 10.6 Å². The third kappa shape index (κ3) is 4.06. The summed E-state index contributed by atoms with van der Waals surface area (Å²) in [4.78, 5) is 7.43. The quantitative estimate of drug-likeness (QED) is 0.677. The van der Waals surface area contributed by atoms with E-state index in [1.165, 1.54) is 19.3 Å². The fourth-order valence-corrected chi connectivity index (χ4v) is 2.70. The predicted molar refractivity (Wildman–Crippen MR) is 79.5 cm³/mol. The highest BCUT2D eigenvalue weighted by Gasteiger charge is 2.11. The summed E-state index contributed by atoms with van der Waals surface area (Å²) in [5.74, 6) is 0.642. The highest BCUT2D eigenvalue weighted by atomic mass is 32.2. The molecule has 1 aromatic carbocycles. The summed E-state index contributed by atoms with van der Waals surface area (Å²) in [5.41, 5.74) is 7.09. The number of benzene rings is 1. The molecule has 19 heavy (non-hydrogen) atoms. The van der Waals surface area contributed by atoms with E-state index in [1.54, 1.807) is 6.26 Å². The molecular formula is C14H21N3OS. The molecule has 1 aliphatic rings. The minimum Gasteiger partial charge on any atom is -0.370 e. The monoisotopic (exact) mass is 279 g/mol. The van der Waals surface area contributed by atoms with Crippen LogP contribution in [-0.2, 0) is 17.3 Å². The van der Waals surface area contributed by atoms with Crippen molar-refractivity contribution in [2.45, 2.75) is 30.7 Å². The molecule has 0 aliphatic carbocycles. The van der Waals surface area contributed by atoms with Gasteiger partial charge in [0.1, 0.15) is 0 Å². The van der Waals surface area contributed by atoms with Crippen molar-refractivity contribution in [1.82, 2.24) is 4.90 Å². The van der Waals surface area contributed by atoms with Gasteiger partial charge in [-0.05, 0) is 37.0 Å². The Balaban J connectivity index is 1.94. The van der Waals surface area contributed by atoms with Crippen LogP contribution in [0, 0.1) is 0 Å². The number of nitrogens with zero attached hydrogens (tertiary/aromatic N) is 2. The Morgan fingerprint density at radius 3 is 2.47 bits per heavy atom. The molecule has 2 rings (SSSR count). The Labute approximate surface area is 117 Å². The van der Waals surface area contributed by atoms with Crippen LogP contribution in [0.1, 0.15) is 24.8 Å². The molecule has 0 spiro atoms. The van der Waals surface area contributed by atoms with Gasteiger partial charge in [0.2, 0.25) is 0 Å². The lowest BCUT2D eigenvalue weighted by molar-refractivity contribution is 0.338. The average molecular weight is 279 g/mol. The number of likely N-dealkylation sites (tertiary alicyclic amines) is 1. The lowest BCUT2D eigenvalue weighted by Gasteiger charge is -2.27. The van der Waals surface area contributed by atoms with Crippen molar-refractivity contribution in [2.24, 2.45) is 10.7 Å². The van der Waals surface area contributed by atoms with Crippen LogP contribution in [0.2, 0.25) is 0 Å². The first kappa shape index (κ1) is 14.1. The Morgan fingerprint density at radius 1 is 1.26 bits per heavy atom. The summed E-state index contributed by atoms with van der Waals surface area (Å²) in [6.07, 6.45) is 5.38. The third-order valence-electron chi connectivity index (χ3n) is 3.36. The SMILES string of the molecule is CS(=O)c1ccc(CN=C(N)N2CCCCC2)cc1. The molecule has 1 heterocycles. The van der Waals surface area contributed by atoms with Gasteiger partial charge in [-0.25, -0.2) is 4.99 Å². The molecule has 0 radical (unpaired) electrons. The maximum Gasteiger partial charge on any atom is 0.191 e. The first-order chi connectivity index (χ1) is 9.16.